The Balaban J connectivity index is 2.84. The van der Waals surface area contributed by atoms with Crippen LogP contribution in [0.15, 0.2) is 0 Å². The summed E-state index contributed by atoms with van der Waals surface area (Å²) in [6.07, 6.45) is 9.99. The van der Waals surface area contributed by atoms with Crippen molar-refractivity contribution in [3.05, 3.63) is 6.42 Å². The molecule has 0 aromatic carbocycles. The molecule has 2 nitrogen and oxygen atoms in total. The summed E-state index contributed by atoms with van der Waals surface area (Å²) in [4.78, 5) is 0. The average Bonchev–Trinajstić information content (AvgIpc) is 2.09. The van der Waals surface area contributed by atoms with Gasteiger partial charge in [0.15, 0.2) is 6.29 Å². The number of unbranched alkanes of at least 4 members (excludes halogenated alkanes) is 7. The van der Waals surface area contributed by atoms with Gasteiger partial charge in [-0.15, -0.1) is 0 Å². The van der Waals surface area contributed by atoms with Gasteiger partial charge >= 0.3 is 0 Å². The van der Waals surface area contributed by atoms with Crippen molar-refractivity contribution in [3.8, 4) is 0 Å². The normalized spacial score (nSPS) is 11.1. The van der Waals surface area contributed by atoms with Crippen molar-refractivity contribution in [1.29, 1.82) is 0 Å². The second-order valence-corrected chi connectivity index (χ2v) is 3.55. The highest BCUT2D eigenvalue weighted by atomic mass is 16.5. The van der Waals surface area contributed by atoms with Crippen LogP contribution >= 0.6 is 0 Å². The van der Waals surface area contributed by atoms with E-state index in [0.717, 1.165) is 12.8 Å². The zero-order chi connectivity index (χ0) is 9.94. The van der Waals surface area contributed by atoms with Gasteiger partial charge in [-0.25, -0.2) is 0 Å². The van der Waals surface area contributed by atoms with Gasteiger partial charge in [0.1, 0.15) is 0 Å². The molecule has 2 N–H and O–H groups in total. The summed E-state index contributed by atoms with van der Waals surface area (Å²) in [6.45, 7) is 2.21. The van der Waals surface area contributed by atoms with Crippen molar-refractivity contribution in [2.24, 2.45) is 0 Å². The Kier molecular flexibility index (Phi) is 9.94. The van der Waals surface area contributed by atoms with Gasteiger partial charge in [-0.2, -0.15) is 0 Å². The lowest BCUT2D eigenvalue weighted by Crippen LogP contribution is -2.02. The maximum absolute atomic E-state index is 8.57. The van der Waals surface area contributed by atoms with Crippen LogP contribution < -0.4 is 0 Å². The first-order valence-corrected chi connectivity index (χ1v) is 5.45. The molecule has 2 heteroatoms. The molecule has 0 atom stereocenters. The topological polar surface area (TPSA) is 40.5 Å². The summed E-state index contributed by atoms with van der Waals surface area (Å²) in [5.41, 5.74) is 0. The highest BCUT2D eigenvalue weighted by Crippen LogP contribution is 2.08. The van der Waals surface area contributed by atoms with Gasteiger partial charge in [0, 0.05) is 0 Å². The summed E-state index contributed by atoms with van der Waals surface area (Å²) in [5.74, 6) is 0. The molecule has 0 aromatic rings. The summed E-state index contributed by atoms with van der Waals surface area (Å²) < 4.78 is 0. The van der Waals surface area contributed by atoms with Crippen molar-refractivity contribution in [2.75, 3.05) is 0 Å². The number of aliphatic hydroxyl groups excluding tert-OH is 1. The molecular formula is C11H23O2. The van der Waals surface area contributed by atoms with Crippen LogP contribution in [-0.4, -0.2) is 16.5 Å². The smallest absolute Gasteiger partial charge is 0.151 e. The minimum atomic E-state index is -1.12. The Bertz CT molecular complexity index is 92.1. The van der Waals surface area contributed by atoms with E-state index in [1.165, 1.54) is 32.1 Å². The molecule has 0 heterocycles. The van der Waals surface area contributed by atoms with Gasteiger partial charge in [-0.05, 0) is 25.7 Å². The van der Waals surface area contributed by atoms with Crippen molar-refractivity contribution in [3.63, 3.8) is 0 Å². The number of rotatable bonds is 9. The Morgan fingerprint density at radius 2 is 1.69 bits per heavy atom. The van der Waals surface area contributed by atoms with E-state index < -0.39 is 6.29 Å². The third kappa shape index (κ3) is 11.9. The highest BCUT2D eigenvalue weighted by Gasteiger charge is 1.96. The van der Waals surface area contributed by atoms with E-state index in [-0.39, 0.29) is 0 Å². The fourth-order valence-electron chi connectivity index (χ4n) is 1.30. The molecule has 0 aromatic heterocycles. The van der Waals surface area contributed by atoms with E-state index in [1.807, 2.05) is 0 Å². The van der Waals surface area contributed by atoms with Crippen LogP contribution in [0.3, 0.4) is 0 Å². The van der Waals surface area contributed by atoms with E-state index >= 15 is 0 Å². The summed E-state index contributed by atoms with van der Waals surface area (Å²) in [7, 11) is 0. The SMILES string of the molecule is CCCCCC[CH]CCCC(O)O. The maximum Gasteiger partial charge on any atom is 0.151 e. The standard InChI is InChI=1S/C11H23O2/c1-2-3-4-5-6-7-8-9-10-11(12)13/h7,11-13H,2-6,8-10H2,1H3. The van der Waals surface area contributed by atoms with E-state index in [9.17, 15) is 0 Å². The number of aliphatic hydroxyl groups is 2. The van der Waals surface area contributed by atoms with E-state index in [2.05, 4.69) is 13.3 Å². The Hall–Kier alpha value is -0.0800. The summed E-state index contributed by atoms with van der Waals surface area (Å²) in [5, 5.41) is 17.1. The van der Waals surface area contributed by atoms with Gasteiger partial charge in [0.25, 0.3) is 0 Å². The molecule has 0 amide bonds. The maximum atomic E-state index is 8.57. The first-order chi connectivity index (χ1) is 6.27. The first-order valence-electron chi connectivity index (χ1n) is 5.45. The molecule has 0 unspecified atom stereocenters. The third-order valence-electron chi connectivity index (χ3n) is 2.13. The fraction of sp³-hybridized carbons (Fsp3) is 0.909. The average molecular weight is 187 g/mol. The summed E-state index contributed by atoms with van der Waals surface area (Å²) >= 11 is 0. The molecule has 0 aliphatic heterocycles. The number of hydrogen-bond acceptors (Lipinski definition) is 2. The van der Waals surface area contributed by atoms with Crippen LogP contribution in [0.2, 0.25) is 0 Å². The van der Waals surface area contributed by atoms with E-state index in [0.29, 0.717) is 6.42 Å². The summed E-state index contributed by atoms with van der Waals surface area (Å²) in [6, 6.07) is 0. The van der Waals surface area contributed by atoms with Crippen molar-refractivity contribution in [2.45, 2.75) is 64.6 Å². The Labute approximate surface area is 82.0 Å². The van der Waals surface area contributed by atoms with Crippen molar-refractivity contribution in [1.82, 2.24) is 0 Å². The molecule has 13 heavy (non-hydrogen) atoms. The highest BCUT2D eigenvalue weighted by molar-refractivity contribution is 4.64. The zero-order valence-electron chi connectivity index (χ0n) is 8.71. The van der Waals surface area contributed by atoms with Gasteiger partial charge in [0.2, 0.25) is 0 Å². The monoisotopic (exact) mass is 187 g/mol. The van der Waals surface area contributed by atoms with Gasteiger partial charge < -0.3 is 10.2 Å². The predicted octanol–water partition coefficient (Wildman–Crippen LogP) is 2.64. The minimum Gasteiger partial charge on any atom is -0.368 e. The fourth-order valence-corrected chi connectivity index (χ4v) is 1.30. The molecule has 0 aliphatic carbocycles. The lowest BCUT2D eigenvalue weighted by Gasteiger charge is -2.02. The Morgan fingerprint density at radius 1 is 1.00 bits per heavy atom. The first kappa shape index (κ1) is 12.9. The predicted molar refractivity (Wildman–Crippen MR) is 55.1 cm³/mol. The molecule has 1 radical (unpaired) electrons. The molecule has 0 saturated carbocycles. The van der Waals surface area contributed by atoms with Crippen molar-refractivity contribution >= 4 is 0 Å². The lowest BCUT2D eigenvalue weighted by molar-refractivity contribution is -0.0462. The largest absolute Gasteiger partial charge is 0.368 e. The van der Waals surface area contributed by atoms with Crippen LogP contribution in [0.1, 0.15) is 58.3 Å². The van der Waals surface area contributed by atoms with Crippen LogP contribution in [0.25, 0.3) is 0 Å². The lowest BCUT2D eigenvalue weighted by atomic mass is 10.1. The number of hydrogen-bond donors (Lipinski definition) is 2. The van der Waals surface area contributed by atoms with Gasteiger partial charge in [-0.1, -0.05) is 39.0 Å². The van der Waals surface area contributed by atoms with E-state index in [4.69, 9.17) is 10.2 Å². The van der Waals surface area contributed by atoms with Crippen LogP contribution in [0.5, 0.6) is 0 Å². The van der Waals surface area contributed by atoms with E-state index in [1.54, 1.807) is 0 Å². The second kappa shape index (κ2) is 10.0. The molecule has 0 aliphatic rings. The third-order valence-corrected chi connectivity index (χ3v) is 2.13. The van der Waals surface area contributed by atoms with Gasteiger partial charge in [-0.3, -0.25) is 0 Å². The van der Waals surface area contributed by atoms with Gasteiger partial charge in [0.05, 0.1) is 0 Å². The molecular weight excluding hydrogens is 164 g/mol. The molecule has 0 fully saturated rings. The molecule has 0 bridgehead atoms. The van der Waals surface area contributed by atoms with Crippen LogP contribution in [0, 0.1) is 6.42 Å². The zero-order valence-corrected chi connectivity index (χ0v) is 8.71. The molecule has 79 valence electrons. The quantitative estimate of drug-likeness (QED) is 0.430. The second-order valence-electron chi connectivity index (χ2n) is 3.55. The molecule has 0 saturated heterocycles. The minimum absolute atomic E-state index is 0.505. The van der Waals surface area contributed by atoms with Crippen LogP contribution in [-0.2, 0) is 0 Å². The van der Waals surface area contributed by atoms with Crippen molar-refractivity contribution < 1.29 is 10.2 Å². The van der Waals surface area contributed by atoms with Crippen LogP contribution in [0.4, 0.5) is 0 Å². The molecule has 0 spiro atoms. The molecule has 0 rings (SSSR count). The Morgan fingerprint density at radius 3 is 2.31 bits per heavy atom.